The van der Waals surface area contributed by atoms with Crippen molar-refractivity contribution in [2.75, 3.05) is 18.9 Å². The molecule has 2 aromatic heterocycles. The molecule has 0 bridgehead atoms. The van der Waals surface area contributed by atoms with Gasteiger partial charge in [-0.2, -0.15) is 0 Å². The van der Waals surface area contributed by atoms with E-state index in [4.69, 9.17) is 39.6 Å². The molecule has 6 N–H and O–H groups in total. The Labute approximate surface area is 237 Å². The average molecular weight is 606 g/mol. The van der Waals surface area contributed by atoms with Crippen molar-refractivity contribution in [1.29, 1.82) is 0 Å². The van der Waals surface area contributed by atoms with Gasteiger partial charge in [0, 0.05) is 0 Å². The maximum absolute atomic E-state index is 13.4. The Morgan fingerprint density at radius 1 is 1.17 bits per heavy atom. The minimum Gasteiger partial charge on any atom is -0.508 e. The van der Waals surface area contributed by atoms with E-state index in [9.17, 15) is 24.1 Å². The molecule has 2 aliphatic rings. The second-order valence-electron chi connectivity index (χ2n) is 9.53. The molecule has 42 heavy (non-hydrogen) atoms. The number of carbonyl (C=O) groups excluding carboxylic acids is 2. The summed E-state index contributed by atoms with van der Waals surface area (Å²) in [5.74, 6) is -2.52. The van der Waals surface area contributed by atoms with Gasteiger partial charge < -0.3 is 31.2 Å². The zero-order chi connectivity index (χ0) is 30.0. The number of rotatable bonds is 11. The van der Waals surface area contributed by atoms with Crippen molar-refractivity contribution in [1.82, 2.24) is 19.5 Å². The number of phosphoric ester groups is 1. The number of nitrogen functional groups attached to an aromatic ring is 1. The summed E-state index contributed by atoms with van der Waals surface area (Å²) in [6.45, 7) is -1.03. The molecule has 0 spiro atoms. The van der Waals surface area contributed by atoms with Gasteiger partial charge in [-0.05, 0) is 24.1 Å². The fourth-order valence-corrected chi connectivity index (χ4v) is 5.82. The molecule has 1 unspecified atom stereocenters. The summed E-state index contributed by atoms with van der Waals surface area (Å²) in [5, 5.41) is 18.4. The Kier molecular flexibility index (Phi) is 8.49. The second kappa shape index (κ2) is 12.1. The summed E-state index contributed by atoms with van der Waals surface area (Å²) in [6.07, 6.45) is -2.78. The lowest BCUT2D eigenvalue weighted by atomic mass is 10.0. The van der Waals surface area contributed by atoms with Gasteiger partial charge in [0.2, 0.25) is 0 Å². The van der Waals surface area contributed by atoms with Crippen molar-refractivity contribution >= 4 is 42.5 Å². The number of esters is 1. The van der Waals surface area contributed by atoms with Crippen LogP contribution in [0.3, 0.4) is 0 Å². The highest BCUT2D eigenvalue weighted by Crippen LogP contribution is 2.57. The molecule has 2 saturated heterocycles. The molecule has 0 aliphatic carbocycles. The number of nitrogens with zero attached hydrogens (tertiary/aromatic N) is 4. The van der Waals surface area contributed by atoms with Crippen LogP contribution in [0.25, 0.3) is 11.2 Å². The lowest BCUT2D eigenvalue weighted by Crippen LogP contribution is -2.42. The fourth-order valence-electron chi connectivity index (χ4n) is 4.46. The van der Waals surface area contributed by atoms with E-state index in [1.807, 2.05) is 0 Å². The number of carboxylic acids is 1. The number of imidazole rings is 1. The van der Waals surface area contributed by atoms with Gasteiger partial charge in [0.15, 0.2) is 29.6 Å². The number of aromatic nitrogens is 4. The van der Waals surface area contributed by atoms with Crippen molar-refractivity contribution in [3.8, 4) is 5.75 Å². The minimum atomic E-state index is -4.38. The molecule has 0 radical (unpaired) electrons. The van der Waals surface area contributed by atoms with Crippen LogP contribution in [0.4, 0.5) is 5.82 Å². The third-order valence-electron chi connectivity index (χ3n) is 6.58. The highest BCUT2D eigenvalue weighted by atomic mass is 31.2. The predicted octanol–water partition coefficient (Wildman–Crippen LogP) is 0.467. The smallest absolute Gasteiger partial charge is 0.475 e. The Morgan fingerprint density at radius 2 is 1.93 bits per heavy atom. The van der Waals surface area contributed by atoms with Gasteiger partial charge in [-0.15, -0.1) is 0 Å². The fraction of sp³-hybridized carbons (Fsp3) is 0.417. The van der Waals surface area contributed by atoms with Crippen LogP contribution in [0, 0.1) is 0 Å². The Morgan fingerprint density at radius 3 is 2.67 bits per heavy atom. The van der Waals surface area contributed by atoms with Gasteiger partial charge in [-0.25, -0.2) is 19.5 Å². The van der Waals surface area contributed by atoms with Crippen molar-refractivity contribution < 1.29 is 52.2 Å². The van der Waals surface area contributed by atoms with Gasteiger partial charge in [0.05, 0.1) is 31.8 Å². The summed E-state index contributed by atoms with van der Waals surface area (Å²) in [7, 11) is -4.38. The van der Waals surface area contributed by atoms with Crippen LogP contribution in [0.1, 0.15) is 24.6 Å². The van der Waals surface area contributed by atoms with E-state index in [0.29, 0.717) is 5.56 Å². The number of Topliss-reactive ketones (excluding diaryl/α,β-unsaturated/α-hetero) is 1. The van der Waals surface area contributed by atoms with Gasteiger partial charge >= 0.3 is 19.8 Å². The number of aliphatic carboxylic acids is 1. The van der Waals surface area contributed by atoms with E-state index >= 15 is 0 Å². The zero-order valence-electron chi connectivity index (χ0n) is 21.8. The maximum atomic E-state index is 13.4. The number of fused-ring (bicyclic) bond motifs is 2. The van der Waals surface area contributed by atoms with Crippen LogP contribution in [-0.2, 0) is 48.4 Å². The third-order valence-corrected chi connectivity index (χ3v) is 7.99. The van der Waals surface area contributed by atoms with Gasteiger partial charge in [0.25, 0.3) is 0 Å². The van der Waals surface area contributed by atoms with Crippen molar-refractivity contribution in [2.24, 2.45) is 5.73 Å². The number of phenolic OH excluding ortho intramolecular Hbond substituents is 1. The Hall–Kier alpha value is -3.99. The number of ketones is 1. The first kappa shape index (κ1) is 29.5. The van der Waals surface area contributed by atoms with E-state index < -0.39 is 75.6 Å². The highest BCUT2D eigenvalue weighted by Gasteiger charge is 2.56. The lowest BCUT2D eigenvalue weighted by Gasteiger charge is -2.31. The summed E-state index contributed by atoms with van der Waals surface area (Å²) in [4.78, 5) is 48.4. The van der Waals surface area contributed by atoms with Crippen LogP contribution >= 0.6 is 7.82 Å². The average Bonchev–Trinajstić information content (AvgIpc) is 3.54. The van der Waals surface area contributed by atoms with Crippen molar-refractivity contribution in [3.05, 3.63) is 42.5 Å². The molecule has 0 saturated carbocycles. The van der Waals surface area contributed by atoms with E-state index in [0.717, 1.165) is 0 Å². The number of phosphoric acid groups is 1. The molecule has 2 fully saturated rings. The molecule has 1 aromatic carbocycles. The zero-order valence-corrected chi connectivity index (χ0v) is 22.7. The quantitative estimate of drug-likeness (QED) is 0.171. The van der Waals surface area contributed by atoms with Gasteiger partial charge in [-0.1, -0.05) is 12.1 Å². The largest absolute Gasteiger partial charge is 0.508 e. The molecule has 0 amide bonds. The number of carboxylic acid groups (broad SMARTS) is 1. The second-order valence-corrected chi connectivity index (χ2v) is 11.1. The highest BCUT2D eigenvalue weighted by molar-refractivity contribution is 7.48. The van der Waals surface area contributed by atoms with Crippen molar-refractivity contribution in [2.45, 2.75) is 49.8 Å². The standard InChI is InChI=1S/C24H27N6O11P/c25-14(7-12-1-3-13(31)4-2-12)15(32)8-37-42(36)38-9-16-20(41-42)21(40-18(35)6-5-17(33)34)24(39-16)30-11-29-19-22(26)27-10-28-23(19)30/h1-4,10-11,14,16,20-21,24,31H,5-9,25H2,(H,33,34)(H2,26,27,28)/t14-,16+,20+,21+,24+,42?/m0/s1. The molecule has 2 aliphatic heterocycles. The van der Waals surface area contributed by atoms with E-state index in [-0.39, 0.29) is 35.8 Å². The number of carbonyl (C=O) groups is 3. The number of hydrogen-bond acceptors (Lipinski definition) is 15. The molecule has 18 heteroatoms. The molecule has 224 valence electrons. The summed E-state index contributed by atoms with van der Waals surface area (Å²) >= 11 is 0. The van der Waals surface area contributed by atoms with E-state index in [2.05, 4.69) is 15.0 Å². The summed E-state index contributed by atoms with van der Waals surface area (Å²) < 4.78 is 42.6. The number of aromatic hydroxyl groups is 1. The molecule has 4 heterocycles. The molecule has 17 nitrogen and oxygen atoms in total. The first-order chi connectivity index (χ1) is 20.0. The van der Waals surface area contributed by atoms with Gasteiger partial charge in [0.1, 0.15) is 36.4 Å². The Bertz CT molecular complexity index is 1530. The molecule has 3 aromatic rings. The summed E-state index contributed by atoms with van der Waals surface area (Å²) in [5.41, 5.74) is 13.0. The minimum absolute atomic E-state index is 0.0626. The predicted molar refractivity (Wildman–Crippen MR) is 140 cm³/mol. The number of hydrogen-bond donors (Lipinski definition) is 4. The van der Waals surface area contributed by atoms with Crippen LogP contribution in [0.2, 0.25) is 0 Å². The molecular formula is C24H27N6O11P. The molecular weight excluding hydrogens is 579 g/mol. The van der Waals surface area contributed by atoms with E-state index in [1.165, 1.54) is 29.4 Å². The number of ether oxygens (including phenoxy) is 2. The summed E-state index contributed by atoms with van der Waals surface area (Å²) in [6, 6.07) is 5.12. The first-order valence-corrected chi connectivity index (χ1v) is 14.1. The molecule has 5 rings (SSSR count). The lowest BCUT2D eigenvalue weighted by molar-refractivity contribution is -0.160. The van der Waals surface area contributed by atoms with Crippen molar-refractivity contribution in [3.63, 3.8) is 0 Å². The number of phenols is 1. The number of benzene rings is 1. The monoisotopic (exact) mass is 606 g/mol. The SMILES string of the molecule is Nc1ncnc2c1ncn2[C@@H]1O[C@@H]2COP(=O)(OCC(=O)[C@@H](N)Cc3ccc(O)cc3)O[C@H]2[C@H]1OC(=O)CCC(=O)O. The number of anilines is 1. The normalized spacial score (nSPS) is 26.0. The van der Waals surface area contributed by atoms with Crippen LogP contribution in [-0.4, -0.2) is 85.0 Å². The maximum Gasteiger partial charge on any atom is 0.475 e. The number of nitrogens with two attached hydrogens (primary N) is 2. The third kappa shape index (κ3) is 6.41. The van der Waals surface area contributed by atoms with Gasteiger partial charge in [-0.3, -0.25) is 32.5 Å². The van der Waals surface area contributed by atoms with Crippen LogP contribution < -0.4 is 11.5 Å². The van der Waals surface area contributed by atoms with Crippen LogP contribution in [0.15, 0.2) is 36.9 Å². The Balaban J connectivity index is 1.31. The molecule has 6 atom stereocenters. The topological polar surface area (TPSA) is 251 Å². The first-order valence-electron chi connectivity index (χ1n) is 12.7. The van der Waals surface area contributed by atoms with Crippen LogP contribution in [0.5, 0.6) is 5.75 Å². The van der Waals surface area contributed by atoms with E-state index in [1.54, 1.807) is 12.1 Å².